The van der Waals surface area contributed by atoms with Gasteiger partial charge in [0.1, 0.15) is 61.0 Å². The Bertz CT molecular complexity index is 1090. The Morgan fingerprint density at radius 2 is 0.395 bits per heavy atom. The number of nitrogens with one attached hydrogen (secondary N) is 2. The van der Waals surface area contributed by atoms with Gasteiger partial charge in [-0.15, -0.1) is 0 Å². The molecule has 0 spiro atoms. The van der Waals surface area contributed by atoms with Crippen LogP contribution >= 0.6 is 0 Å². The van der Waals surface area contributed by atoms with E-state index in [0.717, 1.165) is 0 Å². The molecule has 0 saturated heterocycles. The van der Waals surface area contributed by atoms with Gasteiger partial charge in [0.15, 0.2) is 0 Å². The molecule has 0 bridgehead atoms. The van der Waals surface area contributed by atoms with Gasteiger partial charge >= 0.3 is 0 Å². The standard InChI is InChI=1S/C40H80N2O26.4C2H6/c43-5-29(47)9-61-13-33(51)17-65-21-37(55)25-67-23-35(53)19-63-15-31(49)11-59-7-27(45)3-41-39(57)1-2-40(58)42-4-28(46)8-60-12-32(50)16-64-20-36(54)24-68-26-38(56)22-66-18-34(52)14-62-10-30(48)6-44;4*1-2/h27-38,43-56H,1-26H2,(H,41,57)(H,42,58);4*1-2H3. The minimum atomic E-state index is -1.13. The summed E-state index contributed by atoms with van der Waals surface area (Å²) in [5.74, 6) is -1.07. The van der Waals surface area contributed by atoms with Gasteiger partial charge in [0.05, 0.1) is 158 Å². The van der Waals surface area contributed by atoms with Gasteiger partial charge in [-0.3, -0.25) is 9.59 Å². The van der Waals surface area contributed by atoms with E-state index < -0.39 is 98.3 Å². The summed E-state index contributed by atoms with van der Waals surface area (Å²) >= 11 is 0. The van der Waals surface area contributed by atoms with Crippen LogP contribution in [0.15, 0.2) is 0 Å². The SMILES string of the molecule is CC.CC.CC.CC.O=C(CCC(=O)NCC(O)COCC(O)COCC(O)COCC(O)COCC(O)COCC(O)CO)NCC(O)COCC(O)COCC(O)COCC(O)COCC(O)COCC(O)CO. The topological polar surface area (TPSA) is 434 Å². The van der Waals surface area contributed by atoms with Crippen LogP contribution in [0.1, 0.15) is 68.2 Å². The fourth-order valence-electron chi connectivity index (χ4n) is 4.88. The molecule has 0 fully saturated rings. The zero-order valence-electron chi connectivity index (χ0n) is 46.5. The lowest BCUT2D eigenvalue weighted by molar-refractivity contribution is -0.127. The van der Waals surface area contributed by atoms with Crippen molar-refractivity contribution in [3.05, 3.63) is 0 Å². The van der Waals surface area contributed by atoms with Gasteiger partial charge in [0, 0.05) is 25.9 Å². The monoisotopic (exact) mass is 1120 g/mol. The third kappa shape index (κ3) is 61.2. The number of carbonyl (C=O) groups excluding carboxylic acids is 2. The summed E-state index contributed by atoms with van der Waals surface area (Å²) in [6, 6.07) is 0. The van der Waals surface area contributed by atoms with Crippen molar-refractivity contribution in [3.63, 3.8) is 0 Å². The van der Waals surface area contributed by atoms with Gasteiger partial charge in [-0.05, 0) is 0 Å². The third-order valence-corrected chi connectivity index (χ3v) is 8.28. The summed E-state index contributed by atoms with van der Waals surface area (Å²) in [4.78, 5) is 24.2. The molecule has 0 aliphatic carbocycles. The molecule has 12 atom stereocenters. The molecule has 462 valence electrons. The maximum atomic E-state index is 12.1. The molecule has 0 saturated carbocycles. The van der Waals surface area contributed by atoms with Crippen molar-refractivity contribution in [2.75, 3.05) is 158 Å². The van der Waals surface area contributed by atoms with Crippen molar-refractivity contribution >= 4 is 11.8 Å². The van der Waals surface area contributed by atoms with Crippen molar-refractivity contribution in [2.45, 2.75) is 141 Å². The van der Waals surface area contributed by atoms with Gasteiger partial charge < -0.3 is 129 Å². The molecular weight excluding hydrogens is 1020 g/mol. The second-order valence-corrected chi connectivity index (χ2v) is 15.7. The first-order valence-electron chi connectivity index (χ1n) is 26.1. The molecule has 0 aromatic carbocycles. The molecule has 76 heavy (non-hydrogen) atoms. The molecule has 0 heterocycles. The van der Waals surface area contributed by atoms with E-state index in [0.29, 0.717) is 0 Å². The van der Waals surface area contributed by atoms with Crippen molar-refractivity contribution in [2.24, 2.45) is 0 Å². The minimum Gasteiger partial charge on any atom is -0.394 e. The van der Waals surface area contributed by atoms with E-state index in [1.807, 2.05) is 55.4 Å². The summed E-state index contributed by atoms with van der Waals surface area (Å²) in [5.41, 5.74) is 0. The molecule has 0 aromatic heterocycles. The average Bonchev–Trinajstić information content (AvgIpc) is 3.41. The fourth-order valence-corrected chi connectivity index (χ4v) is 4.88. The quantitative estimate of drug-likeness (QED) is 0.0270. The lowest BCUT2D eigenvalue weighted by atomic mass is 10.2. The third-order valence-electron chi connectivity index (χ3n) is 8.28. The van der Waals surface area contributed by atoms with Crippen LogP contribution in [-0.2, 0) is 57.0 Å². The Hall–Kier alpha value is -2.02. The predicted octanol–water partition coefficient (Wildman–Crippen LogP) is -5.41. The molecule has 12 unspecified atom stereocenters. The number of amides is 2. The highest BCUT2D eigenvalue weighted by Gasteiger charge is 2.17. The lowest BCUT2D eigenvalue weighted by Gasteiger charge is -2.18. The number of ether oxygens (including phenoxy) is 10. The van der Waals surface area contributed by atoms with Crippen LogP contribution in [0.4, 0.5) is 0 Å². The van der Waals surface area contributed by atoms with Crippen LogP contribution in [0.25, 0.3) is 0 Å². The average molecular weight is 1130 g/mol. The summed E-state index contributed by atoms with van der Waals surface area (Å²) in [5, 5.41) is 140. The van der Waals surface area contributed by atoms with Crippen molar-refractivity contribution in [3.8, 4) is 0 Å². The van der Waals surface area contributed by atoms with Crippen molar-refractivity contribution < 1.29 is 128 Å². The number of aliphatic hydroxyl groups excluding tert-OH is 14. The van der Waals surface area contributed by atoms with Crippen LogP contribution in [0.2, 0.25) is 0 Å². The van der Waals surface area contributed by atoms with Gasteiger partial charge in [-0.2, -0.15) is 0 Å². The molecule has 28 heteroatoms. The number of hydrogen-bond donors (Lipinski definition) is 16. The first-order chi connectivity index (χ1) is 36.4. The summed E-state index contributed by atoms with van der Waals surface area (Å²) in [6.07, 6.45) is -13.3. The normalized spacial score (nSPS) is 15.8. The molecule has 0 aromatic rings. The zero-order valence-corrected chi connectivity index (χ0v) is 46.5. The van der Waals surface area contributed by atoms with E-state index in [9.17, 15) is 70.9 Å². The second kappa shape index (κ2) is 62.2. The van der Waals surface area contributed by atoms with E-state index in [1.54, 1.807) is 0 Å². The Kier molecular flexibility index (Phi) is 67.8. The van der Waals surface area contributed by atoms with Gasteiger partial charge in [0.25, 0.3) is 0 Å². The highest BCUT2D eigenvalue weighted by Crippen LogP contribution is 2.00. The van der Waals surface area contributed by atoms with Crippen LogP contribution < -0.4 is 10.6 Å². The highest BCUT2D eigenvalue weighted by molar-refractivity contribution is 5.83. The number of carbonyl (C=O) groups is 2. The molecule has 28 nitrogen and oxygen atoms in total. The minimum absolute atomic E-state index is 0.139. The van der Waals surface area contributed by atoms with Gasteiger partial charge in [0.2, 0.25) is 11.8 Å². The summed E-state index contributed by atoms with van der Waals surface area (Å²) in [6.45, 7) is 10.9. The molecule has 16 N–H and O–H groups in total. The van der Waals surface area contributed by atoms with E-state index >= 15 is 0 Å². The largest absolute Gasteiger partial charge is 0.394 e. The van der Waals surface area contributed by atoms with Crippen LogP contribution in [0, 0.1) is 0 Å². The second-order valence-electron chi connectivity index (χ2n) is 15.7. The molecule has 2 amide bonds. The fraction of sp³-hybridized carbons (Fsp3) is 0.958. The maximum Gasteiger partial charge on any atom is 0.220 e. The van der Waals surface area contributed by atoms with Crippen LogP contribution in [0.5, 0.6) is 0 Å². The molecule has 0 aliphatic heterocycles. The van der Waals surface area contributed by atoms with Crippen molar-refractivity contribution in [1.29, 1.82) is 0 Å². The summed E-state index contributed by atoms with van der Waals surface area (Å²) < 4.78 is 51.6. The first kappa shape index (κ1) is 82.8. The van der Waals surface area contributed by atoms with E-state index in [2.05, 4.69) is 10.6 Å². The number of hydrogen-bond acceptors (Lipinski definition) is 26. The van der Waals surface area contributed by atoms with Gasteiger partial charge in [-0.25, -0.2) is 0 Å². The maximum absolute atomic E-state index is 12.1. The first-order valence-corrected chi connectivity index (χ1v) is 26.1. The van der Waals surface area contributed by atoms with E-state index in [4.69, 9.17) is 57.6 Å². The van der Waals surface area contributed by atoms with E-state index in [-0.39, 0.29) is 158 Å². The Labute approximate surface area is 450 Å². The smallest absolute Gasteiger partial charge is 0.220 e. The lowest BCUT2D eigenvalue weighted by Crippen LogP contribution is -2.37. The number of aliphatic hydroxyl groups is 14. The van der Waals surface area contributed by atoms with Crippen LogP contribution in [-0.4, -0.2) is 315 Å². The van der Waals surface area contributed by atoms with Crippen molar-refractivity contribution in [1.82, 2.24) is 10.6 Å². The van der Waals surface area contributed by atoms with Crippen LogP contribution in [0.3, 0.4) is 0 Å². The molecule has 0 radical (unpaired) electrons. The molecule has 0 aliphatic rings. The highest BCUT2D eigenvalue weighted by atomic mass is 16.6. The number of rotatable bonds is 49. The van der Waals surface area contributed by atoms with E-state index in [1.165, 1.54) is 0 Å². The predicted molar refractivity (Wildman–Crippen MR) is 275 cm³/mol. The molecule has 0 rings (SSSR count). The zero-order chi connectivity index (χ0) is 59.0. The van der Waals surface area contributed by atoms with Gasteiger partial charge in [-0.1, -0.05) is 55.4 Å². The Morgan fingerprint density at radius 1 is 0.263 bits per heavy atom. The molecular formula is C48H104N2O26. The Morgan fingerprint density at radius 3 is 0.539 bits per heavy atom. The Balaban J connectivity index is -0.00000199. The summed E-state index contributed by atoms with van der Waals surface area (Å²) in [7, 11) is 0.